The summed E-state index contributed by atoms with van der Waals surface area (Å²) in [7, 11) is 0. The predicted molar refractivity (Wildman–Crippen MR) is 88.4 cm³/mol. The Balaban J connectivity index is 1.93. The fourth-order valence-electron chi connectivity index (χ4n) is 2.92. The lowest BCUT2D eigenvalue weighted by Gasteiger charge is -2.43. The number of aliphatic hydroxyl groups is 1. The quantitative estimate of drug-likeness (QED) is 0.801. The SMILES string of the molecule is Cc1ncsc1C(=O)N1CC[C@@](C)(O)[C@H](n2ccc(=O)[nH]c2=O)C1. The van der Waals surface area contributed by atoms with Crippen molar-refractivity contribution in [2.75, 3.05) is 13.1 Å². The van der Waals surface area contributed by atoms with Crippen LogP contribution in [-0.4, -0.2) is 49.1 Å². The van der Waals surface area contributed by atoms with E-state index in [0.717, 1.165) is 0 Å². The highest BCUT2D eigenvalue weighted by Gasteiger charge is 2.41. The topological polar surface area (TPSA) is 108 Å². The molecule has 1 saturated heterocycles. The molecule has 24 heavy (non-hydrogen) atoms. The summed E-state index contributed by atoms with van der Waals surface area (Å²) in [4.78, 5) is 44.4. The number of thiazole rings is 1. The average molecular weight is 350 g/mol. The van der Waals surface area contributed by atoms with Gasteiger partial charge in [-0.2, -0.15) is 0 Å². The van der Waals surface area contributed by atoms with Gasteiger partial charge in [-0.15, -0.1) is 11.3 Å². The molecule has 0 unspecified atom stereocenters. The number of aryl methyl sites for hydroxylation is 1. The fourth-order valence-corrected chi connectivity index (χ4v) is 3.69. The largest absolute Gasteiger partial charge is 0.388 e. The molecule has 0 bridgehead atoms. The lowest BCUT2D eigenvalue weighted by Crippen LogP contribution is -2.54. The van der Waals surface area contributed by atoms with Crippen molar-refractivity contribution in [1.29, 1.82) is 0 Å². The van der Waals surface area contributed by atoms with Crippen molar-refractivity contribution in [2.24, 2.45) is 0 Å². The normalized spacial score (nSPS) is 24.1. The molecule has 1 aliphatic heterocycles. The zero-order valence-corrected chi connectivity index (χ0v) is 14.2. The van der Waals surface area contributed by atoms with Gasteiger partial charge in [0.05, 0.1) is 22.8 Å². The molecular weight excluding hydrogens is 332 g/mol. The van der Waals surface area contributed by atoms with Crippen LogP contribution in [0, 0.1) is 6.92 Å². The Bertz CT molecular complexity index is 882. The maximum absolute atomic E-state index is 12.7. The minimum Gasteiger partial charge on any atom is -0.388 e. The number of carbonyl (C=O) groups is 1. The molecule has 3 heterocycles. The molecule has 2 atom stereocenters. The molecule has 1 aliphatic rings. The van der Waals surface area contributed by atoms with Gasteiger partial charge in [-0.3, -0.25) is 19.1 Å². The second kappa shape index (κ2) is 5.99. The van der Waals surface area contributed by atoms with E-state index in [-0.39, 0.29) is 12.5 Å². The van der Waals surface area contributed by atoms with E-state index >= 15 is 0 Å². The van der Waals surface area contributed by atoms with Gasteiger partial charge in [0.1, 0.15) is 4.88 Å². The van der Waals surface area contributed by atoms with Crippen LogP contribution in [0.1, 0.15) is 34.8 Å². The summed E-state index contributed by atoms with van der Waals surface area (Å²) in [6.07, 6.45) is 1.68. The molecule has 1 fully saturated rings. The number of hydrogen-bond acceptors (Lipinski definition) is 6. The third-order valence-corrected chi connectivity index (χ3v) is 5.33. The van der Waals surface area contributed by atoms with Gasteiger partial charge in [-0.05, 0) is 20.3 Å². The molecule has 2 aromatic heterocycles. The monoisotopic (exact) mass is 350 g/mol. The molecule has 0 aliphatic carbocycles. The predicted octanol–water partition coefficient (Wildman–Crippen LogP) is 0.140. The Morgan fingerprint density at radius 1 is 1.50 bits per heavy atom. The first-order chi connectivity index (χ1) is 11.3. The van der Waals surface area contributed by atoms with Crippen LogP contribution in [0.3, 0.4) is 0 Å². The van der Waals surface area contributed by atoms with Gasteiger partial charge < -0.3 is 10.0 Å². The van der Waals surface area contributed by atoms with Crippen molar-refractivity contribution < 1.29 is 9.90 Å². The number of aromatic nitrogens is 3. The molecule has 128 valence electrons. The van der Waals surface area contributed by atoms with Crippen molar-refractivity contribution in [1.82, 2.24) is 19.4 Å². The number of rotatable bonds is 2. The van der Waals surface area contributed by atoms with E-state index in [2.05, 4.69) is 9.97 Å². The Morgan fingerprint density at radius 3 is 2.88 bits per heavy atom. The summed E-state index contributed by atoms with van der Waals surface area (Å²) in [5.41, 5.74) is 0.0184. The Hall–Kier alpha value is -2.26. The lowest BCUT2D eigenvalue weighted by atomic mass is 9.88. The molecule has 0 aromatic carbocycles. The number of hydrogen-bond donors (Lipinski definition) is 2. The summed E-state index contributed by atoms with van der Waals surface area (Å²) in [5.74, 6) is -0.159. The van der Waals surface area contributed by atoms with Gasteiger partial charge in [0, 0.05) is 25.4 Å². The van der Waals surface area contributed by atoms with Crippen molar-refractivity contribution in [3.8, 4) is 0 Å². The molecule has 8 nitrogen and oxygen atoms in total. The van der Waals surface area contributed by atoms with E-state index in [9.17, 15) is 19.5 Å². The van der Waals surface area contributed by atoms with Crippen LogP contribution < -0.4 is 11.2 Å². The number of aromatic amines is 1. The first kappa shape index (κ1) is 16.6. The average Bonchev–Trinajstić information content (AvgIpc) is 2.93. The third-order valence-electron chi connectivity index (χ3n) is 4.41. The van der Waals surface area contributed by atoms with Crippen LogP contribution in [0.5, 0.6) is 0 Å². The molecule has 2 N–H and O–H groups in total. The lowest BCUT2D eigenvalue weighted by molar-refractivity contribution is -0.0458. The Morgan fingerprint density at radius 2 is 2.25 bits per heavy atom. The van der Waals surface area contributed by atoms with Gasteiger partial charge >= 0.3 is 5.69 Å². The van der Waals surface area contributed by atoms with E-state index in [0.29, 0.717) is 23.5 Å². The molecule has 0 saturated carbocycles. The highest BCUT2D eigenvalue weighted by molar-refractivity contribution is 7.11. The van der Waals surface area contributed by atoms with Crippen LogP contribution in [0.25, 0.3) is 0 Å². The Kier molecular flexibility index (Phi) is 4.14. The maximum Gasteiger partial charge on any atom is 0.328 e. The molecular formula is C15H18N4O4S. The molecule has 9 heteroatoms. The van der Waals surface area contributed by atoms with Crippen LogP contribution in [0.2, 0.25) is 0 Å². The molecule has 0 spiro atoms. The standard InChI is InChI=1S/C15H18N4O4S/c1-9-12(24-8-16-9)13(21)18-6-4-15(2,23)10(7-18)19-5-3-11(20)17-14(19)22/h3,5,8,10,23H,4,6-7H2,1-2H3,(H,17,20,22)/t10-,15-/m1/s1. The van der Waals surface area contributed by atoms with Gasteiger partial charge in [-0.1, -0.05) is 0 Å². The van der Waals surface area contributed by atoms with Gasteiger partial charge in [0.2, 0.25) is 0 Å². The maximum atomic E-state index is 12.7. The summed E-state index contributed by atoms with van der Waals surface area (Å²) >= 11 is 1.27. The van der Waals surface area contributed by atoms with E-state index in [1.54, 1.807) is 24.3 Å². The first-order valence-corrected chi connectivity index (χ1v) is 8.41. The third kappa shape index (κ3) is 2.92. The van der Waals surface area contributed by atoms with Crippen molar-refractivity contribution in [2.45, 2.75) is 31.9 Å². The Labute approximate surface area is 141 Å². The summed E-state index contributed by atoms with van der Waals surface area (Å²) < 4.78 is 1.28. The van der Waals surface area contributed by atoms with Crippen LogP contribution >= 0.6 is 11.3 Å². The van der Waals surface area contributed by atoms with E-state index in [1.165, 1.54) is 28.2 Å². The van der Waals surface area contributed by atoms with Gasteiger partial charge in [0.25, 0.3) is 11.5 Å². The highest BCUT2D eigenvalue weighted by Crippen LogP contribution is 2.31. The molecule has 3 rings (SSSR count). The second-order valence-corrected chi connectivity index (χ2v) is 7.01. The molecule has 0 radical (unpaired) electrons. The minimum atomic E-state index is -1.17. The highest BCUT2D eigenvalue weighted by atomic mass is 32.1. The van der Waals surface area contributed by atoms with Crippen molar-refractivity contribution in [3.63, 3.8) is 0 Å². The number of likely N-dealkylation sites (tertiary alicyclic amines) is 1. The summed E-state index contributed by atoms with van der Waals surface area (Å²) in [5, 5.41) is 10.7. The number of H-pyrrole nitrogens is 1. The second-order valence-electron chi connectivity index (χ2n) is 6.16. The summed E-state index contributed by atoms with van der Waals surface area (Å²) in [6.45, 7) is 3.97. The van der Waals surface area contributed by atoms with Crippen LogP contribution in [0.4, 0.5) is 0 Å². The summed E-state index contributed by atoms with van der Waals surface area (Å²) in [6, 6.07) is 0.582. The molecule has 1 amide bonds. The number of amides is 1. The number of nitrogens with zero attached hydrogens (tertiary/aromatic N) is 3. The van der Waals surface area contributed by atoms with Crippen LogP contribution in [0.15, 0.2) is 27.4 Å². The van der Waals surface area contributed by atoms with Gasteiger partial charge in [-0.25, -0.2) is 9.78 Å². The van der Waals surface area contributed by atoms with E-state index in [1.807, 2.05) is 0 Å². The first-order valence-electron chi connectivity index (χ1n) is 7.53. The van der Waals surface area contributed by atoms with E-state index in [4.69, 9.17) is 0 Å². The number of nitrogens with one attached hydrogen (secondary N) is 1. The minimum absolute atomic E-state index is 0.159. The fraction of sp³-hybridized carbons (Fsp3) is 0.467. The van der Waals surface area contributed by atoms with Crippen LogP contribution in [-0.2, 0) is 0 Å². The van der Waals surface area contributed by atoms with Crippen molar-refractivity contribution in [3.05, 3.63) is 49.2 Å². The zero-order chi connectivity index (χ0) is 17.5. The molecule has 2 aromatic rings. The number of carbonyl (C=O) groups excluding carboxylic acids is 1. The van der Waals surface area contributed by atoms with Gasteiger partial charge in [0.15, 0.2) is 0 Å². The van der Waals surface area contributed by atoms with Crippen molar-refractivity contribution >= 4 is 17.2 Å². The number of piperidine rings is 1. The zero-order valence-electron chi connectivity index (χ0n) is 13.4. The van der Waals surface area contributed by atoms with E-state index < -0.39 is 22.9 Å². The smallest absolute Gasteiger partial charge is 0.328 e.